The van der Waals surface area contributed by atoms with Gasteiger partial charge in [-0.3, -0.25) is 4.79 Å². The van der Waals surface area contributed by atoms with Crippen molar-refractivity contribution in [3.05, 3.63) is 83.9 Å². The average Bonchev–Trinajstić information content (AvgIpc) is 3.04. The van der Waals surface area contributed by atoms with Crippen LogP contribution in [-0.2, 0) is 0 Å². The van der Waals surface area contributed by atoms with Crippen LogP contribution in [0.3, 0.4) is 0 Å². The number of para-hydroxylation sites is 1. The Hall–Kier alpha value is -3.33. The number of aromatic nitrogens is 1. The first-order chi connectivity index (χ1) is 12.2. The van der Waals surface area contributed by atoms with Crippen LogP contribution in [-0.4, -0.2) is 17.9 Å². The van der Waals surface area contributed by atoms with Crippen molar-refractivity contribution in [2.45, 2.75) is 0 Å². The number of carbonyl (C=O) groups excluding carboxylic acids is 1. The minimum absolute atomic E-state index is 0.0111. The number of ketones is 1. The van der Waals surface area contributed by atoms with Crippen molar-refractivity contribution in [1.29, 1.82) is 0 Å². The average molecular weight is 327 g/mol. The molecule has 0 aliphatic carbocycles. The number of hydrogen-bond acceptors (Lipinski definition) is 2. The van der Waals surface area contributed by atoms with Gasteiger partial charge in [0.2, 0.25) is 0 Å². The fourth-order valence-electron chi connectivity index (χ4n) is 2.98. The largest absolute Gasteiger partial charge is 0.497 e. The summed E-state index contributed by atoms with van der Waals surface area (Å²) < 4.78 is 5.14. The van der Waals surface area contributed by atoms with Crippen LogP contribution in [0.4, 0.5) is 0 Å². The van der Waals surface area contributed by atoms with E-state index in [-0.39, 0.29) is 5.78 Å². The van der Waals surface area contributed by atoms with Crippen LogP contribution in [0.5, 0.6) is 5.75 Å². The number of methoxy groups -OCH3 is 1. The minimum Gasteiger partial charge on any atom is -0.497 e. The van der Waals surface area contributed by atoms with Gasteiger partial charge in [-0.2, -0.15) is 0 Å². The summed E-state index contributed by atoms with van der Waals surface area (Å²) >= 11 is 0. The molecule has 0 aliphatic heterocycles. The summed E-state index contributed by atoms with van der Waals surface area (Å²) in [5.74, 6) is 0.788. The van der Waals surface area contributed by atoms with Gasteiger partial charge in [-0.25, -0.2) is 0 Å². The van der Waals surface area contributed by atoms with E-state index in [1.807, 2.05) is 66.7 Å². The van der Waals surface area contributed by atoms with Crippen molar-refractivity contribution in [3.63, 3.8) is 0 Å². The van der Waals surface area contributed by atoms with Crippen molar-refractivity contribution >= 4 is 33.7 Å². The molecule has 0 saturated carbocycles. The lowest BCUT2D eigenvalue weighted by Crippen LogP contribution is -1.93. The number of fused-ring (bicyclic) bond motifs is 3. The number of aromatic amines is 1. The molecule has 1 aromatic heterocycles. The van der Waals surface area contributed by atoms with E-state index >= 15 is 0 Å². The fourth-order valence-corrected chi connectivity index (χ4v) is 2.98. The molecule has 3 nitrogen and oxygen atoms in total. The number of hydrogen-bond donors (Lipinski definition) is 1. The topological polar surface area (TPSA) is 42.1 Å². The van der Waals surface area contributed by atoms with E-state index in [4.69, 9.17) is 4.74 Å². The Bertz CT molecular complexity index is 1090. The molecule has 0 unspecified atom stereocenters. The number of ether oxygens (including phenoxy) is 1. The first-order valence-electron chi connectivity index (χ1n) is 8.11. The Morgan fingerprint density at radius 1 is 0.920 bits per heavy atom. The van der Waals surface area contributed by atoms with Gasteiger partial charge in [-0.1, -0.05) is 36.4 Å². The third-order valence-electron chi connectivity index (χ3n) is 4.33. The molecule has 1 heterocycles. The molecule has 0 amide bonds. The molecule has 3 aromatic carbocycles. The van der Waals surface area contributed by atoms with Gasteiger partial charge in [0.15, 0.2) is 5.78 Å². The molecule has 0 atom stereocenters. The Labute approximate surface area is 145 Å². The number of carbonyl (C=O) groups is 1. The van der Waals surface area contributed by atoms with E-state index in [0.717, 1.165) is 33.1 Å². The molecular weight excluding hydrogens is 310 g/mol. The van der Waals surface area contributed by atoms with Crippen LogP contribution in [0.25, 0.3) is 27.9 Å². The molecule has 0 spiro atoms. The van der Waals surface area contributed by atoms with Gasteiger partial charge in [0, 0.05) is 27.4 Å². The van der Waals surface area contributed by atoms with Gasteiger partial charge in [-0.15, -0.1) is 0 Å². The van der Waals surface area contributed by atoms with E-state index in [0.29, 0.717) is 5.56 Å². The van der Waals surface area contributed by atoms with Gasteiger partial charge in [0.1, 0.15) is 5.75 Å². The van der Waals surface area contributed by atoms with Crippen LogP contribution in [0.2, 0.25) is 0 Å². The maximum Gasteiger partial charge on any atom is 0.185 e. The second-order valence-corrected chi connectivity index (χ2v) is 5.90. The smallest absolute Gasteiger partial charge is 0.185 e. The summed E-state index contributed by atoms with van der Waals surface area (Å²) in [5.41, 5.74) is 3.76. The molecule has 3 heteroatoms. The summed E-state index contributed by atoms with van der Waals surface area (Å²) in [5, 5.41) is 2.20. The maximum absolute atomic E-state index is 12.5. The Morgan fingerprint density at radius 2 is 1.68 bits per heavy atom. The third-order valence-corrected chi connectivity index (χ3v) is 4.33. The molecule has 25 heavy (non-hydrogen) atoms. The minimum atomic E-state index is -0.0111. The van der Waals surface area contributed by atoms with Crippen LogP contribution < -0.4 is 4.74 Å². The first-order valence-corrected chi connectivity index (χ1v) is 8.11. The molecular formula is C22H17NO2. The van der Waals surface area contributed by atoms with Crippen LogP contribution in [0.1, 0.15) is 15.9 Å². The summed E-state index contributed by atoms with van der Waals surface area (Å²) in [4.78, 5) is 15.9. The van der Waals surface area contributed by atoms with Gasteiger partial charge in [0.25, 0.3) is 0 Å². The predicted molar refractivity (Wildman–Crippen MR) is 102 cm³/mol. The summed E-state index contributed by atoms with van der Waals surface area (Å²) in [6, 6.07) is 21.5. The molecule has 0 radical (unpaired) electrons. The highest BCUT2D eigenvalue weighted by atomic mass is 16.5. The molecule has 0 fully saturated rings. The molecule has 0 aliphatic rings. The van der Waals surface area contributed by atoms with Crippen LogP contribution in [0.15, 0.2) is 72.8 Å². The zero-order valence-electron chi connectivity index (χ0n) is 13.8. The second kappa shape index (κ2) is 6.29. The van der Waals surface area contributed by atoms with E-state index in [1.54, 1.807) is 13.2 Å². The van der Waals surface area contributed by atoms with Gasteiger partial charge in [0.05, 0.1) is 7.11 Å². The monoisotopic (exact) mass is 327 g/mol. The zero-order valence-corrected chi connectivity index (χ0v) is 13.8. The molecule has 1 N–H and O–H groups in total. The Kier molecular flexibility index (Phi) is 3.82. The van der Waals surface area contributed by atoms with Gasteiger partial charge in [-0.05, 0) is 48.0 Å². The standard InChI is InChI=1S/C22H17NO2/c1-25-17-10-6-15(7-11-17)8-13-22(24)16-9-12-21-19(14-16)18-4-2-3-5-20(18)23-21/h2-14,23H,1H3/b13-8-. The van der Waals surface area contributed by atoms with Crippen LogP contribution in [0, 0.1) is 0 Å². The summed E-state index contributed by atoms with van der Waals surface area (Å²) in [7, 11) is 1.63. The van der Waals surface area contributed by atoms with E-state index < -0.39 is 0 Å². The molecule has 122 valence electrons. The molecule has 4 aromatic rings. The summed E-state index contributed by atoms with van der Waals surface area (Å²) in [6.07, 6.45) is 3.43. The number of benzene rings is 3. The Morgan fingerprint density at radius 3 is 2.48 bits per heavy atom. The highest BCUT2D eigenvalue weighted by molar-refractivity contribution is 6.13. The first kappa shape index (κ1) is 15.2. The quantitative estimate of drug-likeness (QED) is 0.412. The number of rotatable bonds is 4. The van der Waals surface area contributed by atoms with Crippen molar-refractivity contribution in [1.82, 2.24) is 4.98 Å². The van der Waals surface area contributed by atoms with Crippen LogP contribution >= 0.6 is 0 Å². The zero-order chi connectivity index (χ0) is 17.2. The van der Waals surface area contributed by atoms with Crippen molar-refractivity contribution in [3.8, 4) is 5.75 Å². The number of allylic oxidation sites excluding steroid dienone is 1. The third kappa shape index (κ3) is 2.92. The highest BCUT2D eigenvalue weighted by Crippen LogP contribution is 2.26. The lowest BCUT2D eigenvalue weighted by Gasteiger charge is -2.00. The van der Waals surface area contributed by atoms with E-state index in [1.165, 1.54) is 0 Å². The molecule has 4 rings (SSSR count). The van der Waals surface area contributed by atoms with Crippen molar-refractivity contribution in [2.75, 3.05) is 7.11 Å². The fraction of sp³-hybridized carbons (Fsp3) is 0.0455. The summed E-state index contributed by atoms with van der Waals surface area (Å²) in [6.45, 7) is 0. The van der Waals surface area contributed by atoms with E-state index in [2.05, 4.69) is 11.1 Å². The van der Waals surface area contributed by atoms with Gasteiger partial charge < -0.3 is 9.72 Å². The maximum atomic E-state index is 12.5. The van der Waals surface area contributed by atoms with Crippen molar-refractivity contribution in [2.24, 2.45) is 0 Å². The molecule has 0 saturated heterocycles. The highest BCUT2D eigenvalue weighted by Gasteiger charge is 2.07. The SMILES string of the molecule is COc1ccc(/C=C\C(=O)c2ccc3[nH]c4ccccc4c3c2)cc1. The lowest BCUT2D eigenvalue weighted by atomic mass is 10.1. The number of nitrogens with one attached hydrogen (secondary N) is 1. The number of H-pyrrole nitrogens is 1. The van der Waals surface area contributed by atoms with E-state index in [9.17, 15) is 4.79 Å². The predicted octanol–water partition coefficient (Wildman–Crippen LogP) is 5.23. The Balaban J connectivity index is 1.64. The van der Waals surface area contributed by atoms with Crippen molar-refractivity contribution < 1.29 is 9.53 Å². The second-order valence-electron chi connectivity index (χ2n) is 5.90. The van der Waals surface area contributed by atoms with Gasteiger partial charge >= 0.3 is 0 Å². The molecule has 0 bridgehead atoms. The lowest BCUT2D eigenvalue weighted by molar-refractivity contribution is 0.104. The normalized spacial score (nSPS) is 11.4.